The number of ether oxygens (including phenoxy) is 1. The van der Waals surface area contributed by atoms with Crippen LogP contribution in [0.4, 0.5) is 0 Å². The van der Waals surface area contributed by atoms with Crippen LogP contribution in [0.15, 0.2) is 11.6 Å². The number of thioether (sulfide) groups is 1. The van der Waals surface area contributed by atoms with Gasteiger partial charge in [0.2, 0.25) is 0 Å². The second-order valence-corrected chi connectivity index (χ2v) is 10.2. The van der Waals surface area contributed by atoms with Crippen molar-refractivity contribution in [1.29, 1.82) is 0 Å². The van der Waals surface area contributed by atoms with Gasteiger partial charge in [-0.15, -0.1) is 11.8 Å². The summed E-state index contributed by atoms with van der Waals surface area (Å²) in [4.78, 5) is 22.9. The number of allylic oxidation sites excluding steroid dienone is 1. The molecule has 0 radical (unpaired) electrons. The van der Waals surface area contributed by atoms with Gasteiger partial charge in [-0.05, 0) is 38.5 Å². The van der Waals surface area contributed by atoms with Crippen molar-refractivity contribution in [3.8, 4) is 0 Å². The molecule has 0 heterocycles. The van der Waals surface area contributed by atoms with Gasteiger partial charge in [-0.1, -0.05) is 82.8 Å². The molecule has 0 saturated heterocycles. The standard InChI is InChI=1S/C26H46O5S/c1-3-5-6-7-8-9-10-11-12-13-14-15-16-21-17-18-22(19-23(27)28)25(30)26(21)32-20-24(29)31-4-2/h16,22,25-26,30H,3-15,17-20H2,1-2H3,(H,27,28)/t22?,25?,26-/m1/s1. The van der Waals surface area contributed by atoms with E-state index in [9.17, 15) is 14.7 Å². The third-order valence-electron chi connectivity index (χ3n) is 6.30. The molecule has 2 N–H and O–H groups in total. The third-order valence-corrected chi connectivity index (χ3v) is 7.64. The van der Waals surface area contributed by atoms with E-state index < -0.39 is 12.1 Å². The molecule has 2 unspecified atom stereocenters. The highest BCUT2D eigenvalue weighted by Gasteiger charge is 2.36. The fraction of sp³-hybridized carbons (Fsp3) is 0.846. The SMILES string of the molecule is CCCCCCCCCCCCCC=C1CCC(CC(=O)O)C(O)[C@@H]1SCC(=O)OCC. The minimum atomic E-state index is -0.878. The van der Waals surface area contributed by atoms with Crippen molar-refractivity contribution in [1.82, 2.24) is 0 Å². The van der Waals surface area contributed by atoms with Gasteiger partial charge in [-0.25, -0.2) is 0 Å². The highest BCUT2D eigenvalue weighted by atomic mass is 32.2. The smallest absolute Gasteiger partial charge is 0.315 e. The molecule has 0 aromatic carbocycles. The largest absolute Gasteiger partial charge is 0.481 e. The van der Waals surface area contributed by atoms with E-state index in [1.54, 1.807) is 6.92 Å². The number of carboxylic acids is 1. The summed E-state index contributed by atoms with van der Waals surface area (Å²) < 4.78 is 5.02. The summed E-state index contributed by atoms with van der Waals surface area (Å²) in [5.41, 5.74) is 1.17. The Hall–Kier alpha value is -1.01. The molecule has 0 aliphatic heterocycles. The van der Waals surface area contributed by atoms with Crippen LogP contribution < -0.4 is 0 Å². The van der Waals surface area contributed by atoms with Crippen LogP contribution in [0.2, 0.25) is 0 Å². The number of aliphatic hydroxyl groups is 1. The lowest BCUT2D eigenvalue weighted by molar-refractivity contribution is -0.140. The molecule has 32 heavy (non-hydrogen) atoms. The number of carboxylic acid groups (broad SMARTS) is 1. The zero-order valence-electron chi connectivity index (χ0n) is 20.4. The van der Waals surface area contributed by atoms with Gasteiger partial charge in [-0.2, -0.15) is 0 Å². The molecule has 0 spiro atoms. The summed E-state index contributed by atoms with van der Waals surface area (Å²) in [7, 11) is 0. The summed E-state index contributed by atoms with van der Waals surface area (Å²) in [6.07, 6.45) is 18.4. The van der Waals surface area contributed by atoms with Crippen molar-refractivity contribution in [2.24, 2.45) is 5.92 Å². The van der Waals surface area contributed by atoms with Crippen molar-refractivity contribution in [3.05, 3.63) is 11.6 Å². The van der Waals surface area contributed by atoms with Crippen molar-refractivity contribution in [3.63, 3.8) is 0 Å². The quantitative estimate of drug-likeness (QED) is 0.135. The van der Waals surface area contributed by atoms with Crippen LogP contribution in [-0.4, -0.2) is 45.9 Å². The first-order chi connectivity index (χ1) is 15.5. The Labute approximate surface area is 199 Å². The Morgan fingerprint density at radius 2 is 1.59 bits per heavy atom. The molecular weight excluding hydrogens is 424 g/mol. The maximum absolute atomic E-state index is 11.8. The molecule has 1 aliphatic rings. The lowest BCUT2D eigenvalue weighted by Crippen LogP contribution is -2.39. The number of hydrogen-bond acceptors (Lipinski definition) is 5. The number of aliphatic carboxylic acids is 1. The van der Waals surface area contributed by atoms with Crippen LogP contribution in [0.3, 0.4) is 0 Å². The molecule has 0 aromatic heterocycles. The van der Waals surface area contributed by atoms with E-state index in [0.717, 1.165) is 19.3 Å². The number of unbranched alkanes of at least 4 members (excludes halogenated alkanes) is 11. The Balaban J connectivity index is 2.37. The van der Waals surface area contributed by atoms with Gasteiger partial charge < -0.3 is 14.9 Å². The van der Waals surface area contributed by atoms with Gasteiger partial charge in [0, 0.05) is 0 Å². The number of aliphatic hydroxyl groups excluding tert-OH is 1. The monoisotopic (exact) mass is 470 g/mol. The lowest BCUT2D eigenvalue weighted by Gasteiger charge is -2.36. The predicted octanol–water partition coefficient (Wildman–Crippen LogP) is 6.52. The molecule has 0 amide bonds. The second-order valence-electron chi connectivity index (χ2n) is 9.03. The van der Waals surface area contributed by atoms with E-state index in [0.29, 0.717) is 13.0 Å². The molecule has 0 bridgehead atoms. The Morgan fingerprint density at radius 1 is 1.00 bits per heavy atom. The molecule has 3 atom stereocenters. The topological polar surface area (TPSA) is 83.8 Å². The summed E-state index contributed by atoms with van der Waals surface area (Å²) in [6.45, 7) is 4.38. The van der Waals surface area contributed by atoms with Crippen LogP contribution in [0.1, 0.15) is 110 Å². The Kier molecular flexibility index (Phi) is 16.7. The van der Waals surface area contributed by atoms with E-state index in [1.807, 2.05) is 0 Å². The lowest BCUT2D eigenvalue weighted by atomic mass is 9.80. The van der Waals surface area contributed by atoms with E-state index >= 15 is 0 Å². The molecular formula is C26H46O5S. The average Bonchev–Trinajstić information content (AvgIpc) is 2.75. The molecule has 186 valence electrons. The molecule has 1 aliphatic carbocycles. The Bertz CT molecular complexity index is 548. The highest BCUT2D eigenvalue weighted by Crippen LogP contribution is 2.38. The van der Waals surface area contributed by atoms with Crippen LogP contribution in [-0.2, 0) is 14.3 Å². The number of hydrogen-bond donors (Lipinski definition) is 2. The molecule has 0 aromatic rings. The minimum absolute atomic E-state index is 0.0243. The molecule has 5 nitrogen and oxygen atoms in total. The summed E-state index contributed by atoms with van der Waals surface area (Å²) in [5.74, 6) is -1.23. The maximum atomic E-state index is 11.8. The molecule has 6 heteroatoms. The predicted molar refractivity (Wildman–Crippen MR) is 133 cm³/mol. The van der Waals surface area contributed by atoms with Gasteiger partial charge in [-0.3, -0.25) is 9.59 Å². The fourth-order valence-electron chi connectivity index (χ4n) is 4.46. The average molecular weight is 471 g/mol. The zero-order valence-corrected chi connectivity index (χ0v) is 21.2. The Morgan fingerprint density at radius 3 is 2.16 bits per heavy atom. The van der Waals surface area contributed by atoms with Gasteiger partial charge in [0.1, 0.15) is 0 Å². The minimum Gasteiger partial charge on any atom is -0.481 e. The van der Waals surface area contributed by atoms with Gasteiger partial charge in [0.05, 0.1) is 30.1 Å². The van der Waals surface area contributed by atoms with Crippen molar-refractivity contribution >= 4 is 23.7 Å². The zero-order chi connectivity index (χ0) is 23.6. The van der Waals surface area contributed by atoms with Crippen molar-refractivity contribution < 1.29 is 24.5 Å². The highest BCUT2D eigenvalue weighted by molar-refractivity contribution is 8.00. The van der Waals surface area contributed by atoms with Crippen LogP contribution in [0.25, 0.3) is 0 Å². The number of esters is 1. The summed E-state index contributed by atoms with van der Waals surface area (Å²) >= 11 is 1.39. The molecule has 1 saturated carbocycles. The second kappa shape index (κ2) is 18.4. The third kappa shape index (κ3) is 12.9. The first-order valence-electron chi connectivity index (χ1n) is 12.9. The van der Waals surface area contributed by atoms with E-state index in [1.165, 1.54) is 81.5 Å². The fourth-order valence-corrected chi connectivity index (χ4v) is 5.71. The normalized spacial score (nSPS) is 22.2. The summed E-state index contributed by atoms with van der Waals surface area (Å²) in [6, 6.07) is 0. The van der Waals surface area contributed by atoms with Crippen molar-refractivity contribution in [2.45, 2.75) is 122 Å². The molecule has 1 fully saturated rings. The van der Waals surface area contributed by atoms with E-state index in [4.69, 9.17) is 9.84 Å². The number of carbonyl (C=O) groups is 2. The first kappa shape index (κ1) is 29.0. The van der Waals surface area contributed by atoms with Crippen molar-refractivity contribution in [2.75, 3.05) is 12.4 Å². The number of carbonyl (C=O) groups excluding carboxylic acids is 1. The molecule has 1 rings (SSSR count). The first-order valence-corrected chi connectivity index (χ1v) is 13.9. The maximum Gasteiger partial charge on any atom is 0.315 e. The number of rotatable bonds is 18. The van der Waals surface area contributed by atoms with Gasteiger partial charge >= 0.3 is 11.9 Å². The van der Waals surface area contributed by atoms with Gasteiger partial charge in [0.25, 0.3) is 0 Å². The van der Waals surface area contributed by atoms with Crippen LogP contribution >= 0.6 is 11.8 Å². The van der Waals surface area contributed by atoms with E-state index in [2.05, 4.69) is 13.0 Å². The van der Waals surface area contributed by atoms with Gasteiger partial charge in [0.15, 0.2) is 0 Å². The van der Waals surface area contributed by atoms with Crippen LogP contribution in [0, 0.1) is 5.92 Å². The van der Waals surface area contributed by atoms with E-state index in [-0.39, 0.29) is 29.3 Å². The summed E-state index contributed by atoms with van der Waals surface area (Å²) in [5, 5.41) is 19.7. The van der Waals surface area contributed by atoms with Crippen LogP contribution in [0.5, 0.6) is 0 Å².